The first-order chi connectivity index (χ1) is 10.9. The van der Waals surface area contributed by atoms with E-state index in [0.29, 0.717) is 6.54 Å². The Hall–Kier alpha value is -2.21. The lowest BCUT2D eigenvalue weighted by Crippen LogP contribution is -2.43. The Labute approximate surface area is 135 Å². The third-order valence-corrected chi connectivity index (χ3v) is 4.23. The normalized spacial score (nSPS) is 19.7. The molecule has 2 heterocycles. The lowest BCUT2D eigenvalue weighted by atomic mass is 9.92. The Balaban J connectivity index is 1.60. The molecule has 1 aliphatic rings. The van der Waals surface area contributed by atoms with Crippen LogP contribution < -0.4 is 5.32 Å². The van der Waals surface area contributed by atoms with Crippen LogP contribution in [0, 0.1) is 6.92 Å². The van der Waals surface area contributed by atoms with Gasteiger partial charge in [-0.15, -0.1) is 0 Å². The van der Waals surface area contributed by atoms with Crippen LogP contribution in [0.2, 0.25) is 0 Å². The largest absolute Gasteiger partial charge is 0.385 e. The number of amides is 1. The number of fused-ring (bicyclic) bond motifs is 1. The minimum Gasteiger partial charge on any atom is -0.385 e. The molecule has 2 N–H and O–H groups in total. The van der Waals surface area contributed by atoms with Gasteiger partial charge < -0.3 is 10.4 Å². The number of hydrogen-bond donors (Lipinski definition) is 2. The van der Waals surface area contributed by atoms with Gasteiger partial charge in [0.25, 0.3) is 0 Å². The molecule has 2 atom stereocenters. The maximum absolute atomic E-state index is 12.3. The van der Waals surface area contributed by atoms with Crippen LogP contribution in [0.3, 0.4) is 0 Å². The molecular formula is C17H22N4O2. The van der Waals surface area contributed by atoms with E-state index in [4.69, 9.17) is 0 Å². The number of hydrogen-bond acceptors (Lipinski definition) is 4. The molecule has 2 unspecified atom stereocenters. The highest BCUT2D eigenvalue weighted by molar-refractivity contribution is 5.77. The second-order valence-electron chi connectivity index (χ2n) is 6.38. The Morgan fingerprint density at radius 1 is 1.43 bits per heavy atom. The maximum atomic E-state index is 12.3. The van der Waals surface area contributed by atoms with E-state index in [1.165, 1.54) is 0 Å². The second kappa shape index (κ2) is 6.12. The van der Waals surface area contributed by atoms with Crippen molar-refractivity contribution >= 4 is 5.91 Å². The zero-order chi connectivity index (χ0) is 16.4. The lowest BCUT2D eigenvalue weighted by molar-refractivity contribution is -0.126. The van der Waals surface area contributed by atoms with E-state index in [1.807, 2.05) is 41.9 Å². The molecule has 122 valence electrons. The monoisotopic (exact) mass is 314 g/mol. The lowest BCUT2D eigenvalue weighted by Gasteiger charge is -2.27. The molecule has 2 aromatic rings. The Morgan fingerprint density at radius 3 is 2.91 bits per heavy atom. The van der Waals surface area contributed by atoms with Gasteiger partial charge in [-0.05, 0) is 25.8 Å². The van der Waals surface area contributed by atoms with Gasteiger partial charge >= 0.3 is 0 Å². The molecule has 1 aliphatic heterocycles. The number of nitrogens with one attached hydrogen (secondary N) is 1. The summed E-state index contributed by atoms with van der Waals surface area (Å²) in [6.07, 6.45) is 1.69. The molecule has 1 aromatic heterocycles. The first-order valence-corrected chi connectivity index (χ1v) is 7.91. The van der Waals surface area contributed by atoms with E-state index in [0.717, 1.165) is 30.1 Å². The predicted molar refractivity (Wildman–Crippen MR) is 85.6 cm³/mol. The number of carbonyl (C=O) groups is 1. The van der Waals surface area contributed by atoms with Crippen molar-refractivity contribution in [3.63, 3.8) is 0 Å². The summed E-state index contributed by atoms with van der Waals surface area (Å²) in [5.74, 6) is 1.59. The number of aryl methyl sites for hydroxylation is 2. The van der Waals surface area contributed by atoms with Gasteiger partial charge in [0.2, 0.25) is 5.91 Å². The Kier molecular flexibility index (Phi) is 4.17. The van der Waals surface area contributed by atoms with Gasteiger partial charge in [-0.1, -0.05) is 30.3 Å². The Bertz CT molecular complexity index is 694. The van der Waals surface area contributed by atoms with Gasteiger partial charge in [0, 0.05) is 12.5 Å². The first-order valence-electron chi connectivity index (χ1n) is 7.91. The van der Waals surface area contributed by atoms with Gasteiger partial charge in [-0.3, -0.25) is 4.79 Å². The van der Waals surface area contributed by atoms with Gasteiger partial charge in [0.05, 0.1) is 18.6 Å². The summed E-state index contributed by atoms with van der Waals surface area (Å²) in [4.78, 5) is 16.7. The van der Waals surface area contributed by atoms with Crippen molar-refractivity contribution in [1.82, 2.24) is 20.1 Å². The van der Waals surface area contributed by atoms with Crippen LogP contribution >= 0.6 is 0 Å². The van der Waals surface area contributed by atoms with Gasteiger partial charge in [0.15, 0.2) is 0 Å². The molecule has 0 fully saturated rings. The fourth-order valence-electron chi connectivity index (χ4n) is 3.04. The van der Waals surface area contributed by atoms with Gasteiger partial charge in [-0.2, -0.15) is 5.10 Å². The van der Waals surface area contributed by atoms with Gasteiger partial charge in [-0.25, -0.2) is 9.67 Å². The minimum atomic E-state index is -1.17. The standard InChI is InChI=1S/C17H22N4O2/c1-12-18-15-9-8-14(11-21(15)20-12)19-16(22)10-17(2,23)13-6-4-3-5-7-13/h3-7,14,23H,8-11H2,1-2H3,(H,19,22). The molecule has 1 aromatic carbocycles. The molecule has 23 heavy (non-hydrogen) atoms. The molecule has 1 amide bonds. The average Bonchev–Trinajstić information content (AvgIpc) is 2.87. The van der Waals surface area contributed by atoms with Crippen LogP contribution in [0.25, 0.3) is 0 Å². The molecule has 0 saturated heterocycles. The van der Waals surface area contributed by atoms with E-state index in [-0.39, 0.29) is 18.4 Å². The fraction of sp³-hybridized carbons (Fsp3) is 0.471. The second-order valence-corrected chi connectivity index (χ2v) is 6.38. The highest BCUT2D eigenvalue weighted by Gasteiger charge is 2.28. The number of nitrogens with zero attached hydrogens (tertiary/aromatic N) is 3. The number of aromatic nitrogens is 3. The van der Waals surface area contributed by atoms with Crippen LogP contribution in [0.1, 0.15) is 37.0 Å². The summed E-state index contributed by atoms with van der Waals surface area (Å²) >= 11 is 0. The first kappa shape index (κ1) is 15.7. The third-order valence-electron chi connectivity index (χ3n) is 4.23. The number of rotatable bonds is 4. The van der Waals surface area contributed by atoms with Crippen LogP contribution in [-0.4, -0.2) is 31.8 Å². The van der Waals surface area contributed by atoms with Crippen LogP contribution in [0.15, 0.2) is 30.3 Å². The van der Waals surface area contributed by atoms with Crippen LogP contribution in [-0.2, 0) is 23.4 Å². The van der Waals surface area contributed by atoms with E-state index < -0.39 is 5.60 Å². The average molecular weight is 314 g/mol. The van der Waals surface area contributed by atoms with Crippen molar-refractivity contribution in [2.45, 2.75) is 51.3 Å². The summed E-state index contributed by atoms with van der Waals surface area (Å²) in [5, 5.41) is 17.9. The van der Waals surface area contributed by atoms with Gasteiger partial charge in [0.1, 0.15) is 11.6 Å². The highest BCUT2D eigenvalue weighted by atomic mass is 16.3. The van der Waals surface area contributed by atoms with E-state index in [9.17, 15) is 9.90 Å². The summed E-state index contributed by atoms with van der Waals surface area (Å²) in [7, 11) is 0. The van der Waals surface area contributed by atoms with Crippen molar-refractivity contribution in [2.24, 2.45) is 0 Å². The summed E-state index contributed by atoms with van der Waals surface area (Å²) in [6.45, 7) is 4.17. The predicted octanol–water partition coefficient (Wildman–Crippen LogP) is 1.32. The van der Waals surface area contributed by atoms with E-state index in [2.05, 4.69) is 15.4 Å². The molecule has 6 nitrogen and oxygen atoms in total. The number of aliphatic hydroxyl groups is 1. The van der Waals surface area contributed by atoms with E-state index in [1.54, 1.807) is 6.92 Å². The van der Waals surface area contributed by atoms with Crippen molar-refractivity contribution in [1.29, 1.82) is 0 Å². The zero-order valence-electron chi connectivity index (χ0n) is 13.5. The number of benzene rings is 1. The SMILES string of the molecule is Cc1nc2n(n1)CC(NC(=O)CC(C)(O)c1ccccc1)CC2. The smallest absolute Gasteiger partial charge is 0.223 e. The van der Waals surface area contributed by atoms with Crippen molar-refractivity contribution < 1.29 is 9.90 Å². The minimum absolute atomic E-state index is 0.0303. The van der Waals surface area contributed by atoms with Crippen LogP contribution in [0.4, 0.5) is 0 Å². The topological polar surface area (TPSA) is 80.0 Å². The molecule has 0 saturated carbocycles. The third kappa shape index (κ3) is 3.59. The quantitative estimate of drug-likeness (QED) is 0.892. The molecule has 0 bridgehead atoms. The van der Waals surface area contributed by atoms with Crippen molar-refractivity contribution in [3.05, 3.63) is 47.5 Å². The molecule has 3 rings (SSSR count). The fourth-order valence-corrected chi connectivity index (χ4v) is 3.04. The summed E-state index contributed by atoms with van der Waals surface area (Å²) < 4.78 is 1.86. The molecule has 6 heteroatoms. The molecule has 0 spiro atoms. The molecule has 0 aliphatic carbocycles. The maximum Gasteiger partial charge on any atom is 0.223 e. The van der Waals surface area contributed by atoms with Crippen molar-refractivity contribution in [2.75, 3.05) is 0 Å². The zero-order valence-corrected chi connectivity index (χ0v) is 13.5. The molecular weight excluding hydrogens is 292 g/mol. The molecule has 0 radical (unpaired) electrons. The van der Waals surface area contributed by atoms with Crippen molar-refractivity contribution in [3.8, 4) is 0 Å². The summed E-state index contributed by atoms with van der Waals surface area (Å²) in [6, 6.07) is 9.30. The number of carbonyl (C=O) groups excluding carboxylic acids is 1. The van der Waals surface area contributed by atoms with Crippen LogP contribution in [0.5, 0.6) is 0 Å². The highest BCUT2D eigenvalue weighted by Crippen LogP contribution is 2.24. The van der Waals surface area contributed by atoms with E-state index >= 15 is 0 Å². The summed E-state index contributed by atoms with van der Waals surface area (Å²) in [5.41, 5.74) is -0.428. The Morgan fingerprint density at radius 2 is 2.17 bits per heavy atom.